The molecule has 0 radical (unpaired) electrons. The molecule has 2 amide bonds. The average molecular weight is 495 g/mol. The van der Waals surface area contributed by atoms with Crippen LogP contribution in [-0.2, 0) is 16.1 Å². The molecule has 3 heterocycles. The number of nitrogens with one attached hydrogen (secondary N) is 1. The highest BCUT2D eigenvalue weighted by molar-refractivity contribution is 6.01. The minimum absolute atomic E-state index is 0.139. The van der Waals surface area contributed by atoms with Gasteiger partial charge in [0.1, 0.15) is 31.6 Å². The molecule has 0 bridgehead atoms. The van der Waals surface area contributed by atoms with Crippen molar-refractivity contribution < 1.29 is 23.5 Å². The number of benzene rings is 1. The number of aryl methyl sites for hydroxylation is 1. The van der Waals surface area contributed by atoms with Crippen LogP contribution in [0.1, 0.15) is 44.8 Å². The van der Waals surface area contributed by atoms with Crippen LogP contribution in [0.5, 0.6) is 11.5 Å². The third kappa shape index (κ3) is 5.05. The number of tetrazole rings is 1. The molecule has 0 spiro atoms. The molecule has 5 rings (SSSR count). The van der Waals surface area contributed by atoms with E-state index >= 15 is 0 Å². The van der Waals surface area contributed by atoms with Gasteiger partial charge in [-0.05, 0) is 55.7 Å². The number of anilines is 1. The van der Waals surface area contributed by atoms with Crippen molar-refractivity contribution in [3.05, 3.63) is 36.1 Å². The van der Waals surface area contributed by atoms with Gasteiger partial charge in [0.2, 0.25) is 11.7 Å². The number of rotatable bonds is 8. The van der Waals surface area contributed by atoms with Crippen molar-refractivity contribution in [1.82, 2.24) is 25.5 Å². The molecule has 190 valence electrons. The van der Waals surface area contributed by atoms with Crippen LogP contribution in [0.15, 0.2) is 34.7 Å². The Bertz CT molecular complexity index is 1230. The van der Waals surface area contributed by atoms with E-state index in [4.69, 9.17) is 13.9 Å². The van der Waals surface area contributed by atoms with Gasteiger partial charge in [0.15, 0.2) is 17.3 Å². The predicted octanol–water partition coefficient (Wildman–Crippen LogP) is 2.88. The highest BCUT2D eigenvalue weighted by atomic mass is 16.6. The molecule has 1 saturated carbocycles. The van der Waals surface area contributed by atoms with Gasteiger partial charge in [-0.3, -0.25) is 14.5 Å². The van der Waals surface area contributed by atoms with Crippen molar-refractivity contribution in [3.63, 3.8) is 0 Å². The van der Waals surface area contributed by atoms with E-state index in [1.54, 1.807) is 30.3 Å². The van der Waals surface area contributed by atoms with E-state index < -0.39 is 6.04 Å². The molecule has 11 heteroatoms. The summed E-state index contributed by atoms with van der Waals surface area (Å²) in [6, 6.07) is 8.25. The fourth-order valence-corrected chi connectivity index (χ4v) is 4.69. The maximum atomic E-state index is 13.7. The molecule has 1 aliphatic heterocycles. The van der Waals surface area contributed by atoms with Gasteiger partial charge in [-0.25, -0.2) is 0 Å². The van der Waals surface area contributed by atoms with Crippen molar-refractivity contribution in [1.29, 1.82) is 0 Å². The number of hydrogen-bond acceptors (Lipinski definition) is 8. The smallest absolute Gasteiger partial charge is 0.251 e. The zero-order valence-corrected chi connectivity index (χ0v) is 20.5. The van der Waals surface area contributed by atoms with Gasteiger partial charge >= 0.3 is 0 Å². The van der Waals surface area contributed by atoms with Crippen LogP contribution < -0.4 is 19.7 Å². The monoisotopic (exact) mass is 494 g/mol. The van der Waals surface area contributed by atoms with E-state index in [2.05, 4.69) is 20.7 Å². The fraction of sp³-hybridized carbons (Fsp3) is 0.480. The first-order valence-electron chi connectivity index (χ1n) is 12.4. The summed E-state index contributed by atoms with van der Waals surface area (Å²) in [7, 11) is 0. The Hall–Kier alpha value is -3.89. The summed E-state index contributed by atoms with van der Waals surface area (Å²) in [5.41, 5.74) is 0.541. The molecule has 11 nitrogen and oxygen atoms in total. The van der Waals surface area contributed by atoms with Gasteiger partial charge in [-0.2, -0.15) is 4.80 Å². The second-order valence-electron chi connectivity index (χ2n) is 9.06. The molecule has 3 aromatic rings. The van der Waals surface area contributed by atoms with Crippen LogP contribution in [0.2, 0.25) is 0 Å². The Balaban J connectivity index is 1.42. The normalized spacial score (nSPS) is 16.1. The van der Waals surface area contributed by atoms with E-state index in [9.17, 15) is 9.59 Å². The molecule has 1 fully saturated rings. The van der Waals surface area contributed by atoms with E-state index in [0.29, 0.717) is 42.6 Å². The molecule has 1 aromatic carbocycles. The number of nitrogens with zero attached hydrogens (tertiary/aromatic N) is 5. The van der Waals surface area contributed by atoms with Crippen molar-refractivity contribution in [2.24, 2.45) is 0 Å². The summed E-state index contributed by atoms with van der Waals surface area (Å²) in [6.45, 7) is 4.40. The Morgan fingerprint density at radius 1 is 1.14 bits per heavy atom. The lowest BCUT2D eigenvalue weighted by atomic mass is 10.1. The first-order valence-corrected chi connectivity index (χ1v) is 12.4. The SMILES string of the molecule is CCC(C(=O)NC1CCCC1)N(C(=O)Cn1nnc(-c2ccc(C)o2)n1)c1ccc2c(c1)OCCO2. The quantitative estimate of drug-likeness (QED) is 0.507. The lowest BCUT2D eigenvalue weighted by Crippen LogP contribution is -2.52. The lowest BCUT2D eigenvalue weighted by Gasteiger charge is -2.32. The summed E-state index contributed by atoms with van der Waals surface area (Å²) in [5, 5.41) is 15.5. The number of fused-ring (bicyclic) bond motifs is 1. The van der Waals surface area contributed by atoms with Crippen molar-refractivity contribution in [3.8, 4) is 23.1 Å². The van der Waals surface area contributed by atoms with Gasteiger partial charge in [-0.15, -0.1) is 10.2 Å². The van der Waals surface area contributed by atoms with E-state index in [1.165, 1.54) is 9.70 Å². The second kappa shape index (κ2) is 10.4. The van der Waals surface area contributed by atoms with Crippen LogP contribution in [0, 0.1) is 6.92 Å². The largest absolute Gasteiger partial charge is 0.486 e. The molecular weight excluding hydrogens is 464 g/mol. The van der Waals surface area contributed by atoms with Crippen LogP contribution >= 0.6 is 0 Å². The van der Waals surface area contributed by atoms with Gasteiger partial charge in [0, 0.05) is 17.8 Å². The maximum Gasteiger partial charge on any atom is 0.251 e. The molecule has 1 atom stereocenters. The topological polar surface area (TPSA) is 125 Å². The molecule has 2 aliphatic rings. The maximum absolute atomic E-state index is 13.7. The first-order chi connectivity index (χ1) is 17.5. The summed E-state index contributed by atoms with van der Waals surface area (Å²) in [4.78, 5) is 29.8. The Morgan fingerprint density at radius 2 is 1.92 bits per heavy atom. The third-order valence-corrected chi connectivity index (χ3v) is 6.47. The van der Waals surface area contributed by atoms with Crippen LogP contribution in [0.3, 0.4) is 0 Å². The first kappa shape index (κ1) is 23.8. The van der Waals surface area contributed by atoms with E-state index in [-0.39, 0.29) is 30.2 Å². The molecule has 1 N–H and O–H groups in total. The number of carbonyl (C=O) groups is 2. The number of carbonyl (C=O) groups excluding carboxylic acids is 2. The van der Waals surface area contributed by atoms with Crippen molar-refractivity contribution >= 4 is 17.5 Å². The zero-order chi connectivity index (χ0) is 25.1. The molecule has 1 aliphatic carbocycles. The highest BCUT2D eigenvalue weighted by Gasteiger charge is 2.33. The van der Waals surface area contributed by atoms with Crippen LogP contribution in [0.25, 0.3) is 11.6 Å². The molecule has 36 heavy (non-hydrogen) atoms. The van der Waals surface area contributed by atoms with Gasteiger partial charge in [-0.1, -0.05) is 19.8 Å². The fourth-order valence-electron chi connectivity index (χ4n) is 4.69. The highest BCUT2D eigenvalue weighted by Crippen LogP contribution is 2.35. The number of aromatic nitrogens is 4. The van der Waals surface area contributed by atoms with Gasteiger partial charge < -0.3 is 19.2 Å². The average Bonchev–Trinajstić information content (AvgIpc) is 3.65. The Morgan fingerprint density at radius 3 is 2.64 bits per heavy atom. The summed E-state index contributed by atoms with van der Waals surface area (Å²) in [5.74, 6) is 2.10. The molecule has 1 unspecified atom stereocenters. The van der Waals surface area contributed by atoms with Gasteiger partial charge in [0.05, 0.1) is 0 Å². The van der Waals surface area contributed by atoms with E-state index in [0.717, 1.165) is 31.4 Å². The number of amides is 2. The van der Waals surface area contributed by atoms with Crippen LogP contribution in [-0.4, -0.2) is 57.3 Å². The number of ether oxygens (including phenoxy) is 2. The third-order valence-electron chi connectivity index (χ3n) is 6.47. The Labute approximate surface area is 208 Å². The van der Waals surface area contributed by atoms with E-state index in [1.807, 2.05) is 13.8 Å². The summed E-state index contributed by atoms with van der Waals surface area (Å²) in [6.07, 6.45) is 4.54. The zero-order valence-electron chi connectivity index (χ0n) is 20.5. The number of furan rings is 1. The lowest BCUT2D eigenvalue weighted by molar-refractivity contribution is -0.127. The minimum atomic E-state index is -0.712. The van der Waals surface area contributed by atoms with Gasteiger partial charge in [0.25, 0.3) is 5.91 Å². The standard InChI is InChI=1S/C25H30N6O5/c1-3-19(25(33)26-17-6-4-5-7-17)31(18-9-11-20-22(14-18)35-13-12-34-20)23(32)15-30-28-24(27-29-30)21-10-8-16(2)36-21/h8-11,14,17,19H,3-7,12-13,15H2,1-2H3,(H,26,33). The van der Waals surface area contributed by atoms with Crippen molar-refractivity contribution in [2.45, 2.75) is 64.6 Å². The molecular formula is C25H30N6O5. The number of hydrogen-bond donors (Lipinski definition) is 1. The van der Waals surface area contributed by atoms with Crippen molar-refractivity contribution in [2.75, 3.05) is 18.1 Å². The Kier molecular flexibility index (Phi) is 6.88. The minimum Gasteiger partial charge on any atom is -0.486 e. The summed E-state index contributed by atoms with van der Waals surface area (Å²) < 4.78 is 16.9. The second-order valence-corrected chi connectivity index (χ2v) is 9.06. The summed E-state index contributed by atoms with van der Waals surface area (Å²) >= 11 is 0. The van der Waals surface area contributed by atoms with Crippen LogP contribution in [0.4, 0.5) is 5.69 Å². The predicted molar refractivity (Wildman–Crippen MR) is 130 cm³/mol. The molecule has 0 saturated heterocycles. The molecule has 2 aromatic heterocycles.